The molecule has 2 fully saturated rings. The van der Waals surface area contributed by atoms with Crippen LogP contribution in [0.5, 0.6) is 0 Å². The van der Waals surface area contributed by atoms with Crippen molar-refractivity contribution in [2.24, 2.45) is 0 Å². The lowest BCUT2D eigenvalue weighted by atomic mass is 9.97. The number of piperidine rings is 1. The van der Waals surface area contributed by atoms with E-state index in [1.54, 1.807) is 6.07 Å². The molecule has 2 unspecified atom stereocenters. The monoisotopic (exact) mass is 393 g/mol. The third-order valence-corrected chi connectivity index (χ3v) is 5.79. The number of pyridine rings is 1. The average molecular weight is 393 g/mol. The van der Waals surface area contributed by atoms with Crippen LogP contribution in [0.25, 0.3) is 0 Å². The van der Waals surface area contributed by atoms with E-state index in [0.29, 0.717) is 35.0 Å². The largest absolute Gasteiger partial charge is 0.465 e. The molecule has 0 aliphatic carbocycles. The van der Waals surface area contributed by atoms with Crippen molar-refractivity contribution >= 4 is 23.3 Å². The molecule has 2 aliphatic heterocycles. The second-order valence-corrected chi connectivity index (χ2v) is 7.49. The summed E-state index contributed by atoms with van der Waals surface area (Å²) in [5.74, 6) is 0.557. The van der Waals surface area contributed by atoms with Crippen molar-refractivity contribution in [1.82, 2.24) is 19.9 Å². The maximum atomic E-state index is 12.2. The van der Waals surface area contributed by atoms with E-state index in [-0.39, 0.29) is 11.7 Å². The number of methoxy groups -OCH3 is 1. The molecule has 150 valence electrons. The van der Waals surface area contributed by atoms with Crippen molar-refractivity contribution in [3.8, 4) is 6.07 Å². The minimum Gasteiger partial charge on any atom is -0.465 e. The molecule has 0 amide bonds. The predicted octanol–water partition coefficient (Wildman–Crippen LogP) is 2.31. The standard InChI is InChI=1S/C20H23N7O2/c1-27-14-3-4-15(27)6-12(5-14)25-17-7-18(24-10-16(17)20(28)29-2)26-19-11-22-13(8-21)9-23-19/h7,9-12,14-15H,3-6H2,1-2H3,(H2,23,24,25,26)/t12?,14-,15?/m0/s1. The Balaban J connectivity index is 1.55. The van der Waals surface area contributed by atoms with E-state index in [0.717, 1.165) is 12.8 Å². The fourth-order valence-corrected chi connectivity index (χ4v) is 4.25. The van der Waals surface area contributed by atoms with Crippen LogP contribution in [0.3, 0.4) is 0 Å². The van der Waals surface area contributed by atoms with Crippen LogP contribution in [0.4, 0.5) is 17.3 Å². The highest BCUT2D eigenvalue weighted by molar-refractivity contribution is 5.96. The lowest BCUT2D eigenvalue weighted by molar-refractivity contribution is 0.0601. The molecule has 2 saturated heterocycles. The molecule has 0 saturated carbocycles. The molecular formula is C20H23N7O2. The highest BCUT2D eigenvalue weighted by atomic mass is 16.5. The number of nitriles is 1. The number of nitrogens with zero attached hydrogens (tertiary/aromatic N) is 5. The number of hydrogen-bond acceptors (Lipinski definition) is 9. The van der Waals surface area contributed by atoms with Gasteiger partial charge in [-0.15, -0.1) is 0 Å². The van der Waals surface area contributed by atoms with Gasteiger partial charge in [-0.25, -0.2) is 19.7 Å². The Hall–Kier alpha value is -3.25. The van der Waals surface area contributed by atoms with E-state index in [1.807, 2.05) is 6.07 Å². The number of nitrogens with one attached hydrogen (secondary N) is 2. The van der Waals surface area contributed by atoms with E-state index in [2.05, 4.69) is 37.5 Å². The van der Waals surface area contributed by atoms with E-state index in [1.165, 1.54) is 38.5 Å². The van der Waals surface area contributed by atoms with Crippen LogP contribution in [0.1, 0.15) is 41.7 Å². The van der Waals surface area contributed by atoms with E-state index in [9.17, 15) is 4.79 Å². The van der Waals surface area contributed by atoms with Gasteiger partial charge in [0.2, 0.25) is 0 Å². The van der Waals surface area contributed by atoms with Crippen LogP contribution in [-0.2, 0) is 4.74 Å². The number of aromatic nitrogens is 3. The summed E-state index contributed by atoms with van der Waals surface area (Å²) in [5, 5.41) is 15.4. The Kier molecular flexibility index (Phi) is 5.27. The Morgan fingerprint density at radius 3 is 2.52 bits per heavy atom. The number of carbonyl (C=O) groups is 1. The number of carbonyl (C=O) groups excluding carboxylic acids is 1. The first kappa shape index (κ1) is 19.1. The SMILES string of the molecule is COC(=O)c1cnc(Nc2cnc(C#N)cn2)cc1NC1CC2CC[C@@H](C1)N2C. The summed E-state index contributed by atoms with van der Waals surface area (Å²) in [6.07, 6.45) is 8.89. The first-order chi connectivity index (χ1) is 14.1. The van der Waals surface area contributed by atoms with Gasteiger partial charge in [0, 0.05) is 30.4 Å². The zero-order valence-electron chi connectivity index (χ0n) is 16.4. The van der Waals surface area contributed by atoms with Gasteiger partial charge in [-0.05, 0) is 32.7 Å². The van der Waals surface area contributed by atoms with Crippen LogP contribution < -0.4 is 10.6 Å². The van der Waals surface area contributed by atoms with Crippen LogP contribution in [0.15, 0.2) is 24.7 Å². The maximum absolute atomic E-state index is 12.2. The predicted molar refractivity (Wildman–Crippen MR) is 107 cm³/mol. The highest BCUT2D eigenvalue weighted by Crippen LogP contribution is 2.36. The van der Waals surface area contributed by atoms with Gasteiger partial charge in [0.05, 0.1) is 25.2 Å². The van der Waals surface area contributed by atoms with Crippen molar-refractivity contribution in [3.63, 3.8) is 0 Å². The van der Waals surface area contributed by atoms with Crippen LogP contribution in [0, 0.1) is 11.3 Å². The smallest absolute Gasteiger partial charge is 0.341 e. The summed E-state index contributed by atoms with van der Waals surface area (Å²) in [7, 11) is 3.56. The van der Waals surface area contributed by atoms with Crippen LogP contribution >= 0.6 is 0 Å². The Bertz CT molecular complexity index is 927. The molecule has 2 aliphatic rings. The second kappa shape index (κ2) is 8.01. The van der Waals surface area contributed by atoms with Gasteiger partial charge in [0.1, 0.15) is 23.3 Å². The fourth-order valence-electron chi connectivity index (χ4n) is 4.25. The van der Waals surface area contributed by atoms with Crippen molar-refractivity contribution < 1.29 is 9.53 Å². The Morgan fingerprint density at radius 2 is 1.90 bits per heavy atom. The van der Waals surface area contributed by atoms with Gasteiger partial charge in [0.25, 0.3) is 0 Å². The minimum atomic E-state index is -0.430. The average Bonchev–Trinajstić information content (AvgIpc) is 2.94. The number of fused-ring (bicyclic) bond motifs is 2. The van der Waals surface area contributed by atoms with Crippen molar-refractivity contribution in [2.45, 2.75) is 43.8 Å². The summed E-state index contributed by atoms with van der Waals surface area (Å²) in [6, 6.07) is 5.17. The summed E-state index contributed by atoms with van der Waals surface area (Å²) in [4.78, 5) is 27.1. The van der Waals surface area contributed by atoms with Crippen molar-refractivity contribution in [1.29, 1.82) is 5.26 Å². The third kappa shape index (κ3) is 3.98. The molecule has 9 nitrogen and oxygen atoms in total. The number of anilines is 3. The normalized spacial score (nSPS) is 23.3. The lowest BCUT2D eigenvalue weighted by Gasteiger charge is -2.37. The van der Waals surface area contributed by atoms with Crippen molar-refractivity contribution in [2.75, 3.05) is 24.8 Å². The van der Waals surface area contributed by atoms with Crippen LogP contribution in [0.2, 0.25) is 0 Å². The molecule has 2 N–H and O–H groups in total. The van der Waals surface area contributed by atoms with Crippen molar-refractivity contribution in [3.05, 3.63) is 35.9 Å². The van der Waals surface area contributed by atoms with Gasteiger partial charge >= 0.3 is 5.97 Å². The molecule has 9 heteroatoms. The number of hydrogen-bond donors (Lipinski definition) is 2. The van der Waals surface area contributed by atoms with E-state index < -0.39 is 5.97 Å². The molecule has 4 heterocycles. The number of esters is 1. The second-order valence-electron chi connectivity index (χ2n) is 7.49. The molecule has 29 heavy (non-hydrogen) atoms. The topological polar surface area (TPSA) is 116 Å². The molecule has 4 rings (SSSR count). The maximum Gasteiger partial charge on any atom is 0.341 e. The zero-order chi connectivity index (χ0) is 20.4. The summed E-state index contributed by atoms with van der Waals surface area (Å²) < 4.78 is 4.92. The Morgan fingerprint density at radius 1 is 1.17 bits per heavy atom. The van der Waals surface area contributed by atoms with Gasteiger partial charge in [-0.2, -0.15) is 5.26 Å². The van der Waals surface area contributed by atoms with Gasteiger partial charge < -0.3 is 20.3 Å². The number of rotatable bonds is 5. The zero-order valence-corrected chi connectivity index (χ0v) is 16.4. The summed E-state index contributed by atoms with van der Waals surface area (Å²) >= 11 is 0. The molecule has 2 aromatic heterocycles. The quantitative estimate of drug-likeness (QED) is 0.738. The molecule has 0 radical (unpaired) electrons. The number of ether oxygens (including phenoxy) is 1. The van der Waals surface area contributed by atoms with Gasteiger partial charge in [-0.1, -0.05) is 0 Å². The molecular weight excluding hydrogens is 370 g/mol. The van der Waals surface area contributed by atoms with Crippen LogP contribution in [-0.4, -0.2) is 58.1 Å². The third-order valence-electron chi connectivity index (χ3n) is 5.79. The van der Waals surface area contributed by atoms with E-state index in [4.69, 9.17) is 10.00 Å². The van der Waals surface area contributed by atoms with E-state index >= 15 is 0 Å². The first-order valence-electron chi connectivity index (χ1n) is 9.63. The summed E-state index contributed by atoms with van der Waals surface area (Å²) in [5.41, 5.74) is 1.32. The van der Waals surface area contributed by atoms with Gasteiger partial charge in [0.15, 0.2) is 5.69 Å². The first-order valence-corrected chi connectivity index (χ1v) is 9.63. The Labute approximate surface area is 169 Å². The minimum absolute atomic E-state index is 0.240. The fraction of sp³-hybridized carbons (Fsp3) is 0.450. The molecule has 0 aromatic carbocycles. The lowest BCUT2D eigenvalue weighted by Crippen LogP contribution is -2.44. The molecule has 2 bridgehead atoms. The van der Waals surface area contributed by atoms with Gasteiger partial charge in [-0.3, -0.25) is 0 Å². The summed E-state index contributed by atoms with van der Waals surface area (Å²) in [6.45, 7) is 0. The molecule has 3 atom stereocenters. The molecule has 2 aromatic rings. The highest BCUT2D eigenvalue weighted by Gasteiger charge is 2.38. The molecule has 0 spiro atoms.